The van der Waals surface area contributed by atoms with Crippen molar-refractivity contribution in [1.29, 1.82) is 0 Å². The Morgan fingerprint density at radius 3 is 2.59 bits per heavy atom. The number of carbonyl (C=O) groups is 1. The van der Waals surface area contributed by atoms with E-state index in [0.717, 1.165) is 16.7 Å². The van der Waals surface area contributed by atoms with Gasteiger partial charge in [-0.2, -0.15) is 0 Å². The largest absolute Gasteiger partial charge is 0.492 e. The van der Waals surface area contributed by atoms with Crippen molar-refractivity contribution in [3.8, 4) is 22.6 Å². The predicted molar refractivity (Wildman–Crippen MR) is 119 cm³/mol. The van der Waals surface area contributed by atoms with Crippen LogP contribution in [0.3, 0.4) is 0 Å². The first-order valence-electron chi connectivity index (χ1n) is 10.6. The third kappa shape index (κ3) is 5.47. The quantitative estimate of drug-likeness (QED) is 0.597. The van der Waals surface area contributed by atoms with E-state index in [1.165, 1.54) is 19.2 Å². The van der Waals surface area contributed by atoms with Crippen LogP contribution in [0, 0.1) is 5.82 Å². The fourth-order valence-corrected chi connectivity index (χ4v) is 3.83. The Hall–Kier alpha value is -2.90. The van der Waals surface area contributed by atoms with Crippen LogP contribution in [0.1, 0.15) is 43.7 Å². The molecular formula is C25H29FO6. The minimum absolute atomic E-state index is 0.00682. The van der Waals surface area contributed by atoms with Crippen molar-refractivity contribution in [1.82, 2.24) is 0 Å². The number of ether oxygens (including phenoxy) is 3. The van der Waals surface area contributed by atoms with Crippen LogP contribution >= 0.6 is 0 Å². The predicted octanol–water partition coefficient (Wildman–Crippen LogP) is 4.08. The fraction of sp³-hybridized carbons (Fsp3) is 0.400. The second-order valence-corrected chi connectivity index (χ2v) is 8.00. The van der Waals surface area contributed by atoms with Crippen molar-refractivity contribution >= 4 is 12.0 Å². The van der Waals surface area contributed by atoms with Gasteiger partial charge in [0.05, 0.1) is 26.2 Å². The van der Waals surface area contributed by atoms with Gasteiger partial charge in [-0.1, -0.05) is 32.1 Å². The van der Waals surface area contributed by atoms with Gasteiger partial charge in [0, 0.05) is 12.0 Å². The molecule has 2 atom stereocenters. The Kier molecular flexibility index (Phi) is 7.88. The first kappa shape index (κ1) is 23.8. The van der Waals surface area contributed by atoms with Gasteiger partial charge in [0.2, 0.25) is 0 Å². The summed E-state index contributed by atoms with van der Waals surface area (Å²) in [6.45, 7) is 4.02. The molecule has 1 aliphatic heterocycles. The number of hydrogen-bond donors (Lipinski definition) is 2. The summed E-state index contributed by atoms with van der Waals surface area (Å²) in [6.07, 6.45) is 2.62. The van der Waals surface area contributed by atoms with Crippen molar-refractivity contribution < 1.29 is 33.6 Å². The van der Waals surface area contributed by atoms with Crippen LogP contribution in [-0.2, 0) is 9.53 Å². The molecule has 1 fully saturated rings. The van der Waals surface area contributed by atoms with Gasteiger partial charge in [-0.25, -0.2) is 4.39 Å². The molecule has 0 bridgehead atoms. The maximum atomic E-state index is 13.6. The second kappa shape index (κ2) is 10.6. The highest BCUT2D eigenvalue weighted by molar-refractivity contribution is 5.85. The topological polar surface area (TPSA) is 85.2 Å². The fourth-order valence-electron chi connectivity index (χ4n) is 3.83. The summed E-state index contributed by atoms with van der Waals surface area (Å²) in [7, 11) is 1.52. The number of aliphatic hydroxyl groups is 2. The Balaban J connectivity index is 2.19. The number of halogens is 1. The molecule has 1 aliphatic rings. The zero-order valence-electron chi connectivity index (χ0n) is 18.5. The second-order valence-electron chi connectivity index (χ2n) is 8.00. The molecule has 2 aromatic rings. The van der Waals surface area contributed by atoms with Crippen LogP contribution in [0.15, 0.2) is 36.4 Å². The van der Waals surface area contributed by atoms with E-state index in [1.54, 1.807) is 18.2 Å². The number of rotatable bonds is 8. The molecule has 0 spiro atoms. The first-order chi connectivity index (χ1) is 15.3. The Labute approximate surface area is 187 Å². The molecule has 32 heavy (non-hydrogen) atoms. The van der Waals surface area contributed by atoms with Crippen LogP contribution in [0.25, 0.3) is 17.2 Å². The molecular weight excluding hydrogens is 415 g/mol. The van der Waals surface area contributed by atoms with Gasteiger partial charge in [0.1, 0.15) is 18.5 Å². The minimum atomic E-state index is -0.740. The van der Waals surface area contributed by atoms with Crippen LogP contribution in [0.2, 0.25) is 0 Å². The summed E-state index contributed by atoms with van der Waals surface area (Å²) in [5.74, 6) is 0.225. The van der Waals surface area contributed by atoms with Crippen molar-refractivity contribution in [2.75, 3.05) is 20.3 Å². The smallest absolute Gasteiger partial charge is 0.309 e. The van der Waals surface area contributed by atoms with Gasteiger partial charge in [-0.3, -0.25) is 4.79 Å². The number of cyclic esters (lactones) is 1. The molecule has 0 aliphatic carbocycles. The minimum Gasteiger partial charge on any atom is -0.492 e. The number of esters is 1. The number of hydrogen-bond acceptors (Lipinski definition) is 6. The maximum absolute atomic E-state index is 13.6. The van der Waals surface area contributed by atoms with E-state index in [0.29, 0.717) is 23.5 Å². The van der Waals surface area contributed by atoms with Crippen molar-refractivity contribution in [2.45, 2.75) is 44.8 Å². The average molecular weight is 444 g/mol. The van der Waals surface area contributed by atoms with Gasteiger partial charge in [-0.05, 0) is 46.9 Å². The molecule has 0 radical (unpaired) electrons. The third-order valence-corrected chi connectivity index (χ3v) is 5.29. The molecule has 0 saturated carbocycles. The molecule has 1 heterocycles. The van der Waals surface area contributed by atoms with E-state index in [4.69, 9.17) is 14.2 Å². The highest BCUT2D eigenvalue weighted by Gasteiger charge is 2.26. The summed E-state index contributed by atoms with van der Waals surface area (Å²) in [5, 5.41) is 19.2. The number of methoxy groups -OCH3 is 1. The van der Waals surface area contributed by atoms with Crippen LogP contribution in [0.5, 0.6) is 11.5 Å². The summed E-state index contributed by atoms with van der Waals surface area (Å²) in [4.78, 5) is 11.7. The monoisotopic (exact) mass is 444 g/mol. The lowest BCUT2D eigenvalue weighted by molar-refractivity contribution is -0.156. The molecule has 7 heteroatoms. The van der Waals surface area contributed by atoms with E-state index in [-0.39, 0.29) is 31.4 Å². The van der Waals surface area contributed by atoms with Crippen molar-refractivity contribution in [3.63, 3.8) is 0 Å². The van der Waals surface area contributed by atoms with Gasteiger partial charge in [0.15, 0.2) is 11.5 Å². The summed E-state index contributed by atoms with van der Waals surface area (Å²) in [6, 6.07) is 7.94. The van der Waals surface area contributed by atoms with Crippen LogP contribution in [-0.4, -0.2) is 48.7 Å². The number of carbonyl (C=O) groups excluding carboxylic acids is 1. The molecule has 3 rings (SSSR count). The molecule has 1 saturated heterocycles. The average Bonchev–Trinajstić information content (AvgIpc) is 2.75. The van der Waals surface area contributed by atoms with Crippen LogP contribution in [0.4, 0.5) is 4.39 Å². The maximum Gasteiger partial charge on any atom is 0.309 e. The first-order valence-corrected chi connectivity index (χ1v) is 10.6. The van der Waals surface area contributed by atoms with Gasteiger partial charge in [0.25, 0.3) is 0 Å². The third-order valence-electron chi connectivity index (χ3n) is 5.29. The lowest BCUT2D eigenvalue weighted by Crippen LogP contribution is -2.31. The SMILES string of the molecule is COc1c(OCCO)cc(C(C)C)c(C=C[C@@H]2C[C@@H](O)CC(=O)O2)c1-c1ccc(F)cc1. The standard InChI is InChI=1S/C25H29FO6/c1-15(2)21-14-22(31-11-10-27)25(30-3)24(16-4-6-17(26)7-5-16)20(21)9-8-19-12-18(28)13-23(29)32-19/h4-9,14-15,18-19,27-28H,10-13H2,1-3H3/t18-,19-/m1/s1. The molecule has 0 amide bonds. The summed E-state index contributed by atoms with van der Waals surface area (Å²) >= 11 is 0. The lowest BCUT2D eigenvalue weighted by Gasteiger charge is -2.25. The zero-order chi connectivity index (χ0) is 23.3. The molecule has 172 valence electrons. The molecule has 0 unspecified atom stereocenters. The molecule has 6 nitrogen and oxygen atoms in total. The number of benzene rings is 2. The van der Waals surface area contributed by atoms with E-state index in [1.807, 2.05) is 26.0 Å². The summed E-state index contributed by atoms with van der Waals surface area (Å²) < 4.78 is 30.4. The highest BCUT2D eigenvalue weighted by atomic mass is 19.1. The zero-order valence-corrected chi connectivity index (χ0v) is 18.5. The van der Waals surface area contributed by atoms with Crippen molar-refractivity contribution in [3.05, 3.63) is 53.4 Å². The van der Waals surface area contributed by atoms with E-state index in [2.05, 4.69) is 0 Å². The van der Waals surface area contributed by atoms with E-state index < -0.39 is 18.2 Å². The molecule has 0 aromatic heterocycles. The highest BCUT2D eigenvalue weighted by Crippen LogP contribution is 2.45. The van der Waals surface area contributed by atoms with Gasteiger partial charge in [-0.15, -0.1) is 0 Å². The van der Waals surface area contributed by atoms with Crippen molar-refractivity contribution in [2.24, 2.45) is 0 Å². The number of aliphatic hydroxyl groups excluding tert-OH is 2. The molecule has 2 N–H and O–H groups in total. The summed E-state index contributed by atoms with van der Waals surface area (Å²) in [5.41, 5.74) is 3.18. The van der Waals surface area contributed by atoms with E-state index in [9.17, 15) is 19.4 Å². The van der Waals surface area contributed by atoms with Crippen LogP contribution < -0.4 is 9.47 Å². The lowest BCUT2D eigenvalue weighted by atomic mass is 9.88. The Morgan fingerprint density at radius 2 is 2.00 bits per heavy atom. The van der Waals surface area contributed by atoms with E-state index >= 15 is 0 Å². The normalized spacial score (nSPS) is 18.8. The molecule has 2 aromatic carbocycles. The Morgan fingerprint density at radius 1 is 1.28 bits per heavy atom. The van der Waals surface area contributed by atoms with Gasteiger partial charge >= 0.3 is 5.97 Å². The Bertz CT molecular complexity index is 967. The van der Waals surface area contributed by atoms with Gasteiger partial charge < -0.3 is 24.4 Å².